The molecule has 0 bridgehead atoms. The molecule has 0 aliphatic carbocycles. The van der Waals surface area contributed by atoms with Crippen LogP contribution in [0.3, 0.4) is 0 Å². The second-order valence-electron chi connectivity index (χ2n) is 5.29. The molecule has 23 heavy (non-hydrogen) atoms. The molecule has 1 amide bonds. The van der Waals surface area contributed by atoms with Crippen LogP contribution in [0.15, 0.2) is 18.3 Å². The molecule has 0 saturated carbocycles. The Labute approximate surface area is 150 Å². The number of ether oxygens (including phenoxy) is 1. The molecule has 132 valence electrons. The molecular weight excluding hydrogens is 339 g/mol. The number of carbonyl (C=O) groups is 1. The second-order valence-corrected chi connectivity index (χ2v) is 5.29. The van der Waals surface area contributed by atoms with Crippen molar-refractivity contribution in [2.45, 2.75) is 31.9 Å². The van der Waals surface area contributed by atoms with Crippen molar-refractivity contribution in [3.05, 3.63) is 23.9 Å². The Kier molecular flexibility index (Phi) is 10.9. The lowest BCUT2D eigenvalue weighted by atomic mass is 10.2. The fourth-order valence-electron chi connectivity index (χ4n) is 2.40. The zero-order valence-corrected chi connectivity index (χ0v) is 15.0. The van der Waals surface area contributed by atoms with E-state index in [0.717, 1.165) is 24.5 Å². The Hall–Kier alpha value is -1.08. The molecule has 1 aromatic rings. The average molecular weight is 365 g/mol. The zero-order valence-electron chi connectivity index (χ0n) is 13.4. The van der Waals surface area contributed by atoms with E-state index in [1.54, 1.807) is 7.11 Å². The van der Waals surface area contributed by atoms with Crippen molar-refractivity contribution in [3.8, 4) is 0 Å². The molecule has 3 N–H and O–H groups in total. The molecule has 1 saturated heterocycles. The van der Waals surface area contributed by atoms with Gasteiger partial charge >= 0.3 is 0 Å². The summed E-state index contributed by atoms with van der Waals surface area (Å²) in [5.74, 6) is 0.959. The number of aromatic nitrogens is 1. The Balaban J connectivity index is 0.00000242. The Bertz CT molecular complexity index is 449. The topological polar surface area (TPSA) is 80.5 Å². The quantitative estimate of drug-likeness (QED) is 0.766. The first-order valence-electron chi connectivity index (χ1n) is 7.42. The molecule has 2 heterocycles. The van der Waals surface area contributed by atoms with Crippen LogP contribution in [0.4, 0.5) is 5.82 Å². The zero-order chi connectivity index (χ0) is 15.1. The number of nitrogens with two attached hydrogens (primary N) is 1. The summed E-state index contributed by atoms with van der Waals surface area (Å²) in [6, 6.07) is 4.03. The first-order valence-corrected chi connectivity index (χ1v) is 7.42. The molecule has 1 aromatic heterocycles. The van der Waals surface area contributed by atoms with Crippen molar-refractivity contribution >= 4 is 36.5 Å². The molecule has 1 unspecified atom stereocenters. The second kappa shape index (κ2) is 11.5. The highest BCUT2D eigenvalue weighted by molar-refractivity contribution is 5.85. The number of hydrogen-bond donors (Lipinski definition) is 2. The van der Waals surface area contributed by atoms with Crippen molar-refractivity contribution in [1.29, 1.82) is 0 Å². The Morgan fingerprint density at radius 2 is 2.09 bits per heavy atom. The Morgan fingerprint density at radius 3 is 2.61 bits per heavy atom. The van der Waals surface area contributed by atoms with E-state index in [1.807, 2.05) is 18.3 Å². The summed E-state index contributed by atoms with van der Waals surface area (Å²) in [6.45, 7) is 2.99. The summed E-state index contributed by atoms with van der Waals surface area (Å²) in [6.07, 6.45) is 4.36. The number of pyridine rings is 1. The maximum atomic E-state index is 11.7. The van der Waals surface area contributed by atoms with Crippen LogP contribution in [0.2, 0.25) is 0 Å². The van der Waals surface area contributed by atoms with Gasteiger partial charge in [0.05, 0.1) is 12.5 Å². The number of amides is 1. The van der Waals surface area contributed by atoms with Crippen LogP contribution in [0.5, 0.6) is 0 Å². The maximum absolute atomic E-state index is 11.7. The number of carbonyl (C=O) groups excluding carboxylic acids is 1. The number of anilines is 1. The van der Waals surface area contributed by atoms with Crippen LogP contribution in [0.1, 0.15) is 24.8 Å². The molecule has 8 heteroatoms. The third kappa shape index (κ3) is 6.91. The molecule has 6 nitrogen and oxygen atoms in total. The minimum Gasteiger partial charge on any atom is -0.380 e. The van der Waals surface area contributed by atoms with Gasteiger partial charge < -0.3 is 20.7 Å². The van der Waals surface area contributed by atoms with Gasteiger partial charge in [-0.3, -0.25) is 4.79 Å². The minimum atomic E-state index is -0.222. The summed E-state index contributed by atoms with van der Waals surface area (Å²) in [4.78, 5) is 18.5. The maximum Gasteiger partial charge on any atom is 0.222 e. The monoisotopic (exact) mass is 364 g/mol. The van der Waals surface area contributed by atoms with E-state index >= 15 is 0 Å². The molecule has 0 spiro atoms. The van der Waals surface area contributed by atoms with Crippen molar-refractivity contribution in [3.63, 3.8) is 0 Å². The molecular formula is C15H26Cl2N4O2. The lowest BCUT2D eigenvalue weighted by molar-refractivity contribution is -0.123. The van der Waals surface area contributed by atoms with Crippen LogP contribution in [0, 0.1) is 0 Å². The fourth-order valence-corrected chi connectivity index (χ4v) is 2.40. The van der Waals surface area contributed by atoms with E-state index in [2.05, 4.69) is 15.2 Å². The number of nitrogens with zero attached hydrogens (tertiary/aromatic N) is 2. The summed E-state index contributed by atoms with van der Waals surface area (Å²) in [5, 5.41) is 2.86. The van der Waals surface area contributed by atoms with E-state index in [1.165, 1.54) is 12.8 Å². The summed E-state index contributed by atoms with van der Waals surface area (Å²) < 4.78 is 5.09. The van der Waals surface area contributed by atoms with Gasteiger partial charge in [-0.2, -0.15) is 0 Å². The normalized spacial score (nSPS) is 14.6. The van der Waals surface area contributed by atoms with Gasteiger partial charge in [-0.05, 0) is 24.5 Å². The van der Waals surface area contributed by atoms with E-state index in [9.17, 15) is 4.79 Å². The van der Waals surface area contributed by atoms with Gasteiger partial charge in [-0.25, -0.2) is 4.98 Å². The summed E-state index contributed by atoms with van der Waals surface area (Å²) >= 11 is 0. The molecule has 1 fully saturated rings. The van der Waals surface area contributed by atoms with Gasteiger partial charge in [0.1, 0.15) is 5.82 Å². The van der Waals surface area contributed by atoms with Crippen LogP contribution < -0.4 is 16.0 Å². The smallest absolute Gasteiger partial charge is 0.222 e. The Morgan fingerprint density at radius 1 is 1.39 bits per heavy atom. The van der Waals surface area contributed by atoms with Crippen molar-refractivity contribution < 1.29 is 9.53 Å². The van der Waals surface area contributed by atoms with Crippen LogP contribution in [-0.2, 0) is 16.1 Å². The van der Waals surface area contributed by atoms with Crippen molar-refractivity contribution in [1.82, 2.24) is 10.3 Å². The van der Waals surface area contributed by atoms with Crippen LogP contribution in [-0.4, -0.2) is 43.7 Å². The third-order valence-corrected chi connectivity index (χ3v) is 3.74. The van der Waals surface area contributed by atoms with Crippen molar-refractivity contribution in [2.24, 2.45) is 5.73 Å². The average Bonchev–Trinajstić information content (AvgIpc) is 3.05. The number of halogens is 2. The van der Waals surface area contributed by atoms with Gasteiger partial charge in [0.2, 0.25) is 5.91 Å². The standard InChI is InChI=1S/C15H24N4O2.2ClH/c1-21-13(9-16)8-15(20)18-11-12-4-5-14(17-10-12)19-6-2-3-7-19;;/h4-5,10,13H,2-3,6-9,11,16H2,1H3,(H,18,20);2*1H. The molecule has 1 aliphatic heterocycles. The molecule has 1 aliphatic rings. The van der Waals surface area contributed by atoms with Gasteiger partial charge in [-0.15, -0.1) is 24.8 Å². The highest BCUT2D eigenvalue weighted by Gasteiger charge is 2.13. The molecule has 1 atom stereocenters. The molecule has 0 radical (unpaired) electrons. The third-order valence-electron chi connectivity index (χ3n) is 3.74. The number of methoxy groups -OCH3 is 1. The summed E-state index contributed by atoms with van der Waals surface area (Å²) in [5.41, 5.74) is 6.49. The summed E-state index contributed by atoms with van der Waals surface area (Å²) in [7, 11) is 1.56. The predicted molar refractivity (Wildman–Crippen MR) is 96.5 cm³/mol. The van der Waals surface area contributed by atoms with Gasteiger partial charge in [0.15, 0.2) is 0 Å². The fraction of sp³-hybridized carbons (Fsp3) is 0.600. The van der Waals surface area contributed by atoms with Gasteiger partial charge in [-0.1, -0.05) is 6.07 Å². The molecule has 2 rings (SSSR count). The van der Waals surface area contributed by atoms with Crippen molar-refractivity contribution in [2.75, 3.05) is 31.6 Å². The van der Waals surface area contributed by atoms with E-state index in [-0.39, 0.29) is 43.2 Å². The van der Waals surface area contributed by atoms with Gasteiger partial charge in [0, 0.05) is 39.5 Å². The SMILES string of the molecule is COC(CN)CC(=O)NCc1ccc(N2CCCC2)nc1.Cl.Cl. The van der Waals surface area contributed by atoms with E-state index in [4.69, 9.17) is 10.5 Å². The van der Waals surface area contributed by atoms with E-state index < -0.39 is 0 Å². The first-order chi connectivity index (χ1) is 10.2. The highest BCUT2D eigenvalue weighted by atomic mass is 35.5. The largest absolute Gasteiger partial charge is 0.380 e. The lowest BCUT2D eigenvalue weighted by Gasteiger charge is -2.16. The van der Waals surface area contributed by atoms with E-state index in [0.29, 0.717) is 13.1 Å². The predicted octanol–water partition coefficient (Wildman–Crippen LogP) is 1.51. The lowest BCUT2D eigenvalue weighted by Crippen LogP contribution is -2.31. The van der Waals surface area contributed by atoms with Crippen LogP contribution in [0.25, 0.3) is 0 Å². The number of rotatable bonds is 7. The van der Waals surface area contributed by atoms with Crippen LogP contribution >= 0.6 is 24.8 Å². The number of nitrogens with one attached hydrogen (secondary N) is 1. The van der Waals surface area contributed by atoms with Gasteiger partial charge in [0.25, 0.3) is 0 Å². The highest BCUT2D eigenvalue weighted by Crippen LogP contribution is 2.17. The molecule has 0 aromatic carbocycles. The minimum absolute atomic E-state index is 0. The first kappa shape index (κ1) is 21.9. The number of hydrogen-bond acceptors (Lipinski definition) is 5.